The van der Waals surface area contributed by atoms with E-state index in [2.05, 4.69) is 10.3 Å². The number of carbonyl (C=O) groups excluding carboxylic acids is 1. The molecular weight excluding hydrogens is 424 g/mol. The van der Waals surface area contributed by atoms with Crippen LogP contribution < -0.4 is 5.32 Å². The molecule has 2 aliphatic rings. The maximum Gasteiger partial charge on any atom is 0.233 e. The van der Waals surface area contributed by atoms with Gasteiger partial charge in [0.2, 0.25) is 5.91 Å². The van der Waals surface area contributed by atoms with Gasteiger partial charge < -0.3 is 10.1 Å². The van der Waals surface area contributed by atoms with Crippen LogP contribution in [0.4, 0.5) is 5.82 Å². The molecule has 1 saturated carbocycles. The molecule has 1 aliphatic heterocycles. The highest BCUT2D eigenvalue weighted by Gasteiger charge is 2.37. The lowest BCUT2D eigenvalue weighted by molar-refractivity contribution is -0.118. The predicted octanol–water partition coefficient (Wildman–Crippen LogP) is 4.21. The number of carbonyl (C=O) groups is 1. The van der Waals surface area contributed by atoms with E-state index < -0.39 is 15.8 Å². The molecule has 2 fully saturated rings. The van der Waals surface area contributed by atoms with E-state index in [-0.39, 0.29) is 11.2 Å². The molecule has 2 heterocycles. The second kappa shape index (κ2) is 9.04. The topological polar surface area (TPSA) is 85.4 Å². The van der Waals surface area contributed by atoms with E-state index in [4.69, 9.17) is 16.3 Å². The number of nitrogens with one attached hydrogen (secondary N) is 1. The summed E-state index contributed by atoms with van der Waals surface area (Å²) in [5, 5.41) is 3.12. The Bertz CT molecular complexity index is 983. The van der Waals surface area contributed by atoms with Crippen LogP contribution in [0, 0.1) is 5.92 Å². The highest BCUT2D eigenvalue weighted by atomic mass is 35.5. The van der Waals surface area contributed by atoms with Crippen LogP contribution in [0.5, 0.6) is 0 Å². The zero-order valence-electron chi connectivity index (χ0n) is 16.6. The third-order valence-electron chi connectivity index (χ3n) is 5.78. The fraction of sp³-hybridized carbons (Fsp3) is 0.455. The first-order valence-corrected chi connectivity index (χ1v) is 12.2. The number of pyridine rings is 1. The van der Waals surface area contributed by atoms with Crippen molar-refractivity contribution in [2.75, 3.05) is 18.5 Å². The van der Waals surface area contributed by atoms with Crippen molar-refractivity contribution in [1.29, 1.82) is 0 Å². The van der Waals surface area contributed by atoms with Crippen LogP contribution in [0.15, 0.2) is 47.5 Å². The van der Waals surface area contributed by atoms with Gasteiger partial charge in [-0.25, -0.2) is 13.4 Å². The molecule has 1 atom stereocenters. The van der Waals surface area contributed by atoms with Crippen LogP contribution >= 0.6 is 11.6 Å². The number of sulfone groups is 1. The number of hydrogen-bond acceptors (Lipinski definition) is 5. The van der Waals surface area contributed by atoms with E-state index >= 15 is 0 Å². The van der Waals surface area contributed by atoms with Gasteiger partial charge >= 0.3 is 0 Å². The van der Waals surface area contributed by atoms with Crippen molar-refractivity contribution in [2.45, 2.75) is 48.2 Å². The maximum atomic E-state index is 13.1. The minimum atomic E-state index is -3.25. The fourth-order valence-electron chi connectivity index (χ4n) is 3.83. The SMILES string of the molecule is O=C(Nc1ccc(Cl)cn1)[C@H](CC1CCOCC1)c1ccc(S(=O)(=O)C2CC2)cc1. The van der Waals surface area contributed by atoms with Crippen molar-refractivity contribution >= 4 is 33.2 Å². The van der Waals surface area contributed by atoms with Gasteiger partial charge in [0, 0.05) is 19.4 Å². The van der Waals surface area contributed by atoms with Gasteiger partial charge in [0.1, 0.15) is 5.82 Å². The summed E-state index contributed by atoms with van der Waals surface area (Å²) in [6.45, 7) is 1.41. The number of aromatic nitrogens is 1. The highest BCUT2D eigenvalue weighted by molar-refractivity contribution is 7.92. The summed E-state index contributed by atoms with van der Waals surface area (Å²) in [5.74, 6) is 0.259. The molecule has 6 nitrogen and oxygen atoms in total. The molecular formula is C22H25ClN2O4S. The molecule has 0 unspecified atom stereocenters. The second-order valence-electron chi connectivity index (χ2n) is 8.01. The zero-order valence-corrected chi connectivity index (χ0v) is 18.2. The van der Waals surface area contributed by atoms with Crippen molar-refractivity contribution in [3.05, 3.63) is 53.2 Å². The maximum absolute atomic E-state index is 13.1. The van der Waals surface area contributed by atoms with Gasteiger partial charge in [0.25, 0.3) is 0 Å². The first-order valence-electron chi connectivity index (χ1n) is 10.3. The number of benzene rings is 1. The van der Waals surface area contributed by atoms with E-state index in [0.717, 1.165) is 31.2 Å². The van der Waals surface area contributed by atoms with Gasteiger partial charge in [0.15, 0.2) is 9.84 Å². The third-order valence-corrected chi connectivity index (χ3v) is 8.28. The second-order valence-corrected chi connectivity index (χ2v) is 10.7. The van der Waals surface area contributed by atoms with E-state index in [1.807, 2.05) is 0 Å². The number of rotatable bonds is 7. The quantitative estimate of drug-likeness (QED) is 0.685. The first-order chi connectivity index (χ1) is 14.4. The average Bonchev–Trinajstić information content (AvgIpc) is 3.61. The number of anilines is 1. The van der Waals surface area contributed by atoms with Gasteiger partial charge in [-0.2, -0.15) is 0 Å². The molecule has 30 heavy (non-hydrogen) atoms. The zero-order chi connectivity index (χ0) is 21.1. The standard InChI is InChI=1S/C22H25ClN2O4S/c23-17-3-8-21(24-14-17)25-22(26)20(13-15-9-11-29-12-10-15)16-1-4-18(5-2-16)30(27,28)19-6-7-19/h1-5,8,14-15,19-20H,6-7,9-13H2,(H,24,25,26)/t20-/m1/s1. The van der Waals surface area contributed by atoms with Gasteiger partial charge in [-0.15, -0.1) is 0 Å². The Labute approximate surface area is 181 Å². The minimum Gasteiger partial charge on any atom is -0.381 e. The van der Waals surface area contributed by atoms with E-state index in [1.54, 1.807) is 36.4 Å². The molecule has 4 rings (SSSR count). The first kappa shape index (κ1) is 21.3. The molecule has 0 spiro atoms. The lowest BCUT2D eigenvalue weighted by Gasteiger charge is -2.26. The van der Waals surface area contributed by atoms with Crippen LogP contribution in [0.3, 0.4) is 0 Å². The molecule has 1 aliphatic carbocycles. The van der Waals surface area contributed by atoms with Gasteiger partial charge in [-0.1, -0.05) is 23.7 Å². The number of nitrogens with zero attached hydrogens (tertiary/aromatic N) is 1. The number of halogens is 1. The average molecular weight is 449 g/mol. The Kier molecular flexibility index (Phi) is 6.41. The lowest BCUT2D eigenvalue weighted by atomic mass is 9.84. The van der Waals surface area contributed by atoms with E-state index in [0.29, 0.717) is 41.3 Å². The number of amides is 1. The Balaban J connectivity index is 1.55. The van der Waals surface area contributed by atoms with Crippen molar-refractivity contribution in [1.82, 2.24) is 4.98 Å². The molecule has 8 heteroatoms. The fourth-order valence-corrected chi connectivity index (χ4v) is 5.60. The monoisotopic (exact) mass is 448 g/mol. The molecule has 1 N–H and O–H groups in total. The molecule has 1 saturated heterocycles. The van der Waals surface area contributed by atoms with Crippen molar-refractivity contribution in [3.63, 3.8) is 0 Å². The largest absolute Gasteiger partial charge is 0.381 e. The normalized spacial score (nSPS) is 18.7. The van der Waals surface area contributed by atoms with Crippen molar-refractivity contribution in [3.8, 4) is 0 Å². The molecule has 0 radical (unpaired) electrons. The molecule has 160 valence electrons. The summed E-state index contributed by atoms with van der Waals surface area (Å²) in [6.07, 6.45) is 5.45. The van der Waals surface area contributed by atoms with Gasteiger partial charge in [-0.3, -0.25) is 4.79 Å². The summed E-state index contributed by atoms with van der Waals surface area (Å²) in [4.78, 5) is 17.6. The summed E-state index contributed by atoms with van der Waals surface area (Å²) in [6, 6.07) is 10.1. The van der Waals surface area contributed by atoms with Crippen LogP contribution in [0.1, 0.15) is 43.6 Å². The summed E-state index contributed by atoms with van der Waals surface area (Å²) >= 11 is 5.88. The lowest BCUT2D eigenvalue weighted by Crippen LogP contribution is -2.26. The molecule has 1 aromatic carbocycles. The van der Waals surface area contributed by atoms with Gasteiger partial charge in [0.05, 0.1) is 21.1 Å². The number of hydrogen-bond donors (Lipinski definition) is 1. The Hall–Kier alpha value is -1.96. The van der Waals surface area contributed by atoms with E-state index in [1.165, 1.54) is 6.20 Å². The molecule has 1 amide bonds. The van der Waals surface area contributed by atoms with Crippen LogP contribution in [0.25, 0.3) is 0 Å². The predicted molar refractivity (Wildman–Crippen MR) is 115 cm³/mol. The summed E-state index contributed by atoms with van der Waals surface area (Å²) < 4.78 is 30.4. The van der Waals surface area contributed by atoms with Crippen molar-refractivity contribution in [2.24, 2.45) is 5.92 Å². The highest BCUT2D eigenvalue weighted by Crippen LogP contribution is 2.35. The van der Waals surface area contributed by atoms with Crippen LogP contribution in [-0.4, -0.2) is 37.8 Å². The minimum absolute atomic E-state index is 0.158. The molecule has 0 bridgehead atoms. The van der Waals surface area contributed by atoms with Crippen LogP contribution in [0.2, 0.25) is 5.02 Å². The summed E-state index contributed by atoms with van der Waals surface area (Å²) in [5.41, 5.74) is 0.808. The van der Waals surface area contributed by atoms with Gasteiger partial charge in [-0.05, 0) is 67.9 Å². The van der Waals surface area contributed by atoms with Crippen LogP contribution in [-0.2, 0) is 19.4 Å². The Morgan fingerprint density at radius 3 is 2.40 bits per heavy atom. The third kappa shape index (κ3) is 5.02. The smallest absolute Gasteiger partial charge is 0.233 e. The molecule has 1 aromatic heterocycles. The van der Waals surface area contributed by atoms with Crippen molar-refractivity contribution < 1.29 is 17.9 Å². The Morgan fingerprint density at radius 2 is 1.80 bits per heavy atom. The summed E-state index contributed by atoms with van der Waals surface area (Å²) in [7, 11) is -3.25. The Morgan fingerprint density at radius 1 is 1.10 bits per heavy atom. The molecule has 2 aromatic rings. The number of ether oxygens (including phenoxy) is 1. The van der Waals surface area contributed by atoms with E-state index in [9.17, 15) is 13.2 Å².